The maximum Gasteiger partial charge on any atom is 0.433 e. The molecule has 0 amide bonds. The number of aromatic nitrogens is 4. The summed E-state index contributed by atoms with van der Waals surface area (Å²) in [6, 6.07) is 0.774. The molecule has 0 radical (unpaired) electrons. The molecule has 0 spiro atoms. The lowest BCUT2D eigenvalue weighted by Crippen LogP contribution is -2.13. The van der Waals surface area contributed by atoms with Crippen molar-refractivity contribution in [1.29, 1.82) is 0 Å². The van der Waals surface area contributed by atoms with Crippen molar-refractivity contribution in [3.8, 4) is 5.82 Å². The standard InChI is InChI=1S/C8H5BrF3N5/c9-4-2-14-17(3-4)6-1-5(8(10,11)12)15-7(13)16-6/h1-3H,(H2,13,15,16). The van der Waals surface area contributed by atoms with Crippen LogP contribution in [0.4, 0.5) is 19.1 Å². The predicted molar refractivity (Wildman–Crippen MR) is 56.3 cm³/mol. The van der Waals surface area contributed by atoms with Gasteiger partial charge in [0.1, 0.15) is 0 Å². The second-order valence-corrected chi connectivity index (χ2v) is 3.99. The van der Waals surface area contributed by atoms with Crippen molar-refractivity contribution in [3.63, 3.8) is 0 Å². The van der Waals surface area contributed by atoms with E-state index in [9.17, 15) is 13.2 Å². The summed E-state index contributed by atoms with van der Waals surface area (Å²) in [5.74, 6) is -0.503. The maximum absolute atomic E-state index is 12.5. The molecule has 0 aliphatic carbocycles. The van der Waals surface area contributed by atoms with E-state index in [1.54, 1.807) is 0 Å². The van der Waals surface area contributed by atoms with Gasteiger partial charge in [-0.15, -0.1) is 0 Å². The Hall–Kier alpha value is -1.64. The van der Waals surface area contributed by atoms with Gasteiger partial charge in [-0.2, -0.15) is 23.3 Å². The number of nitrogens with two attached hydrogens (primary N) is 1. The summed E-state index contributed by atoms with van der Waals surface area (Å²) in [5, 5.41) is 3.81. The summed E-state index contributed by atoms with van der Waals surface area (Å²) in [5.41, 5.74) is 4.12. The highest BCUT2D eigenvalue weighted by molar-refractivity contribution is 9.10. The highest BCUT2D eigenvalue weighted by atomic mass is 79.9. The number of rotatable bonds is 1. The van der Waals surface area contributed by atoms with Crippen molar-refractivity contribution in [2.24, 2.45) is 0 Å². The zero-order chi connectivity index (χ0) is 12.6. The van der Waals surface area contributed by atoms with Crippen LogP contribution in [0.3, 0.4) is 0 Å². The van der Waals surface area contributed by atoms with Crippen molar-refractivity contribution in [3.05, 3.63) is 28.6 Å². The zero-order valence-electron chi connectivity index (χ0n) is 8.11. The minimum Gasteiger partial charge on any atom is -0.368 e. The zero-order valence-corrected chi connectivity index (χ0v) is 9.70. The molecule has 90 valence electrons. The minimum atomic E-state index is -4.57. The van der Waals surface area contributed by atoms with Crippen LogP contribution in [0.5, 0.6) is 0 Å². The molecule has 2 aromatic rings. The van der Waals surface area contributed by atoms with E-state index in [2.05, 4.69) is 31.0 Å². The summed E-state index contributed by atoms with van der Waals surface area (Å²) in [6.45, 7) is 0. The van der Waals surface area contributed by atoms with Crippen molar-refractivity contribution in [2.45, 2.75) is 6.18 Å². The van der Waals surface area contributed by atoms with Crippen LogP contribution < -0.4 is 5.73 Å². The largest absolute Gasteiger partial charge is 0.433 e. The second kappa shape index (κ2) is 3.99. The van der Waals surface area contributed by atoms with E-state index in [-0.39, 0.29) is 5.82 Å². The average molecular weight is 308 g/mol. The number of halogens is 4. The molecule has 0 atom stereocenters. The number of hydrogen-bond acceptors (Lipinski definition) is 4. The molecule has 0 saturated heterocycles. The Labute approximate surface area is 102 Å². The monoisotopic (exact) mass is 307 g/mol. The molecule has 0 unspecified atom stereocenters. The molecule has 2 heterocycles. The third kappa shape index (κ3) is 2.54. The summed E-state index contributed by atoms with van der Waals surface area (Å²) < 4.78 is 39.2. The quantitative estimate of drug-likeness (QED) is 0.875. The summed E-state index contributed by atoms with van der Waals surface area (Å²) in [6.07, 6.45) is -1.69. The minimum absolute atomic E-state index is 0.0458. The van der Waals surface area contributed by atoms with E-state index in [1.807, 2.05) is 0 Å². The molecule has 2 rings (SSSR count). The summed E-state index contributed by atoms with van der Waals surface area (Å²) in [7, 11) is 0. The molecule has 17 heavy (non-hydrogen) atoms. The SMILES string of the molecule is Nc1nc(-n2cc(Br)cn2)cc(C(F)(F)F)n1. The van der Waals surface area contributed by atoms with Crippen molar-refractivity contribution in [1.82, 2.24) is 19.7 Å². The van der Waals surface area contributed by atoms with Gasteiger partial charge in [-0.25, -0.2) is 9.67 Å². The van der Waals surface area contributed by atoms with Gasteiger partial charge in [0.05, 0.1) is 10.7 Å². The first-order chi connectivity index (χ1) is 7.86. The van der Waals surface area contributed by atoms with E-state index in [4.69, 9.17) is 5.73 Å². The molecule has 2 aromatic heterocycles. The fourth-order valence-electron chi connectivity index (χ4n) is 1.14. The smallest absolute Gasteiger partial charge is 0.368 e. The van der Waals surface area contributed by atoms with Crippen LogP contribution in [0.15, 0.2) is 22.9 Å². The van der Waals surface area contributed by atoms with Crippen LogP contribution >= 0.6 is 15.9 Å². The Morgan fingerprint density at radius 2 is 2.00 bits per heavy atom. The first-order valence-corrected chi connectivity index (χ1v) is 5.08. The fraction of sp³-hybridized carbons (Fsp3) is 0.125. The van der Waals surface area contributed by atoms with E-state index in [1.165, 1.54) is 12.4 Å². The second-order valence-electron chi connectivity index (χ2n) is 3.07. The predicted octanol–water partition coefficient (Wildman–Crippen LogP) is 2.03. The Bertz CT molecular complexity index is 550. The molecule has 5 nitrogen and oxygen atoms in total. The highest BCUT2D eigenvalue weighted by Gasteiger charge is 2.33. The molecular formula is C8H5BrF3N5. The van der Waals surface area contributed by atoms with E-state index in [0.29, 0.717) is 4.47 Å². The number of anilines is 1. The fourth-order valence-corrected chi connectivity index (χ4v) is 1.43. The number of hydrogen-bond donors (Lipinski definition) is 1. The number of alkyl halides is 3. The molecule has 0 fully saturated rings. The van der Waals surface area contributed by atoms with Gasteiger partial charge in [0, 0.05) is 12.3 Å². The lowest BCUT2D eigenvalue weighted by atomic mass is 10.4. The van der Waals surface area contributed by atoms with Crippen LogP contribution in [0.25, 0.3) is 5.82 Å². The topological polar surface area (TPSA) is 69.6 Å². The summed E-state index contributed by atoms with van der Waals surface area (Å²) in [4.78, 5) is 6.80. The van der Waals surface area contributed by atoms with Crippen LogP contribution in [0.1, 0.15) is 5.69 Å². The van der Waals surface area contributed by atoms with Crippen molar-refractivity contribution < 1.29 is 13.2 Å². The van der Waals surface area contributed by atoms with Gasteiger partial charge in [0.15, 0.2) is 11.5 Å². The van der Waals surface area contributed by atoms with E-state index < -0.39 is 17.8 Å². The van der Waals surface area contributed by atoms with Gasteiger partial charge in [-0.1, -0.05) is 0 Å². The normalized spacial score (nSPS) is 11.8. The van der Waals surface area contributed by atoms with E-state index in [0.717, 1.165) is 10.7 Å². The third-order valence-corrected chi connectivity index (χ3v) is 2.22. The molecular weight excluding hydrogens is 303 g/mol. The van der Waals surface area contributed by atoms with Gasteiger partial charge >= 0.3 is 6.18 Å². The van der Waals surface area contributed by atoms with Gasteiger partial charge in [-0.05, 0) is 15.9 Å². The van der Waals surface area contributed by atoms with Gasteiger partial charge in [-0.3, -0.25) is 0 Å². The Kier molecular flexibility index (Phi) is 2.77. The lowest BCUT2D eigenvalue weighted by Gasteiger charge is -2.08. The van der Waals surface area contributed by atoms with Crippen LogP contribution in [0, 0.1) is 0 Å². The van der Waals surface area contributed by atoms with E-state index >= 15 is 0 Å². The summed E-state index contributed by atoms with van der Waals surface area (Å²) >= 11 is 3.13. The molecule has 0 bridgehead atoms. The molecule has 2 N–H and O–H groups in total. The molecule has 0 aliphatic rings. The maximum atomic E-state index is 12.5. The van der Waals surface area contributed by atoms with Crippen molar-refractivity contribution >= 4 is 21.9 Å². The van der Waals surface area contributed by atoms with Crippen molar-refractivity contribution in [2.75, 3.05) is 5.73 Å². The Morgan fingerprint density at radius 3 is 2.53 bits per heavy atom. The molecule has 0 aliphatic heterocycles. The Morgan fingerprint density at radius 1 is 1.29 bits per heavy atom. The third-order valence-electron chi connectivity index (χ3n) is 1.81. The van der Waals surface area contributed by atoms with Gasteiger partial charge < -0.3 is 5.73 Å². The van der Waals surface area contributed by atoms with Crippen LogP contribution in [-0.2, 0) is 6.18 Å². The first kappa shape index (κ1) is 11.8. The van der Waals surface area contributed by atoms with Crippen LogP contribution in [-0.4, -0.2) is 19.7 Å². The lowest BCUT2D eigenvalue weighted by molar-refractivity contribution is -0.141. The number of nitrogen functional groups attached to an aromatic ring is 1. The van der Waals surface area contributed by atoms with Crippen LogP contribution in [0.2, 0.25) is 0 Å². The average Bonchev–Trinajstić information content (AvgIpc) is 2.62. The molecule has 0 saturated carbocycles. The number of nitrogens with zero attached hydrogens (tertiary/aromatic N) is 4. The van der Waals surface area contributed by atoms with Gasteiger partial charge in [0.25, 0.3) is 0 Å². The Balaban J connectivity index is 2.52. The molecule has 0 aromatic carbocycles. The molecule has 9 heteroatoms. The first-order valence-electron chi connectivity index (χ1n) is 4.28. The highest BCUT2D eigenvalue weighted by Crippen LogP contribution is 2.28. The van der Waals surface area contributed by atoms with Gasteiger partial charge in [0.2, 0.25) is 5.95 Å².